The lowest BCUT2D eigenvalue weighted by atomic mass is 10.3. The van der Waals surface area contributed by atoms with Crippen LogP contribution in [0.1, 0.15) is 23.5 Å². The molecule has 30 heavy (non-hydrogen) atoms. The third-order valence-corrected chi connectivity index (χ3v) is 5.78. The number of carbonyl (C=O) groups excluding carboxylic acids is 1. The van der Waals surface area contributed by atoms with Gasteiger partial charge < -0.3 is 9.73 Å². The fraction of sp³-hybridized carbons (Fsp3) is 0.190. The number of hydrogen-bond acceptors (Lipinski definition) is 7. The summed E-state index contributed by atoms with van der Waals surface area (Å²) >= 11 is 1.50. The summed E-state index contributed by atoms with van der Waals surface area (Å²) in [7, 11) is 0. The van der Waals surface area contributed by atoms with Gasteiger partial charge in [0.15, 0.2) is 5.76 Å². The number of aryl methyl sites for hydroxylation is 1. The van der Waals surface area contributed by atoms with E-state index in [0.717, 1.165) is 25.8 Å². The van der Waals surface area contributed by atoms with Gasteiger partial charge in [-0.05, 0) is 44.2 Å². The number of hydrogen-bond donors (Lipinski definition) is 1. The van der Waals surface area contributed by atoms with Crippen LogP contribution in [0.15, 0.2) is 64.3 Å². The van der Waals surface area contributed by atoms with Crippen molar-refractivity contribution in [2.24, 2.45) is 0 Å². The predicted molar refractivity (Wildman–Crippen MR) is 113 cm³/mol. The Labute approximate surface area is 176 Å². The highest BCUT2D eigenvalue weighted by Gasteiger charge is 2.19. The molecular weight excluding hydrogens is 402 g/mol. The Balaban J connectivity index is 1.48. The minimum absolute atomic E-state index is 0.308. The summed E-state index contributed by atoms with van der Waals surface area (Å²) in [4.78, 5) is 34.6. The first-order valence-electron chi connectivity index (χ1n) is 9.31. The van der Waals surface area contributed by atoms with Crippen LogP contribution < -0.4 is 10.9 Å². The van der Waals surface area contributed by atoms with Gasteiger partial charge in [-0.15, -0.1) is 11.3 Å². The van der Waals surface area contributed by atoms with Crippen LogP contribution in [0.2, 0.25) is 0 Å². The first-order valence-corrected chi connectivity index (χ1v) is 10.1. The monoisotopic (exact) mass is 421 g/mol. The SMILES string of the molecule is Cc1nc(-c2cccnc2)sc1CNC(=O)C(C)n1nc(-c2ccco2)ccc1=O. The normalized spacial score (nSPS) is 11.9. The van der Waals surface area contributed by atoms with Crippen LogP contribution in [0.25, 0.3) is 22.0 Å². The molecule has 4 heterocycles. The molecule has 0 saturated heterocycles. The fourth-order valence-corrected chi connectivity index (χ4v) is 3.88. The second kappa shape index (κ2) is 8.42. The number of furan rings is 1. The van der Waals surface area contributed by atoms with Gasteiger partial charge in [0, 0.05) is 28.9 Å². The number of nitrogens with one attached hydrogen (secondary N) is 1. The van der Waals surface area contributed by atoms with Crippen LogP contribution in [0.4, 0.5) is 0 Å². The van der Waals surface area contributed by atoms with Crippen LogP contribution in [0.5, 0.6) is 0 Å². The Morgan fingerprint density at radius 2 is 2.13 bits per heavy atom. The van der Waals surface area contributed by atoms with Gasteiger partial charge >= 0.3 is 0 Å². The highest BCUT2D eigenvalue weighted by Crippen LogP contribution is 2.27. The summed E-state index contributed by atoms with van der Waals surface area (Å²) in [5, 5.41) is 8.01. The molecule has 0 aliphatic carbocycles. The van der Waals surface area contributed by atoms with Crippen molar-refractivity contribution >= 4 is 17.2 Å². The summed E-state index contributed by atoms with van der Waals surface area (Å²) in [5.74, 6) is 0.219. The van der Waals surface area contributed by atoms with Crippen molar-refractivity contribution in [3.05, 3.63) is 76.0 Å². The van der Waals surface area contributed by atoms with Crippen molar-refractivity contribution in [2.75, 3.05) is 0 Å². The molecule has 0 aromatic carbocycles. The molecule has 1 amide bonds. The summed E-state index contributed by atoms with van der Waals surface area (Å²) in [6.45, 7) is 3.86. The average molecular weight is 421 g/mol. The lowest BCUT2D eigenvalue weighted by Gasteiger charge is -2.14. The topological polar surface area (TPSA) is 103 Å². The Morgan fingerprint density at radius 1 is 1.27 bits per heavy atom. The maximum absolute atomic E-state index is 12.7. The van der Waals surface area contributed by atoms with E-state index in [1.54, 1.807) is 37.5 Å². The quantitative estimate of drug-likeness (QED) is 0.513. The molecule has 1 unspecified atom stereocenters. The molecule has 0 spiro atoms. The van der Waals surface area contributed by atoms with Gasteiger partial charge in [0.2, 0.25) is 5.91 Å². The fourth-order valence-electron chi connectivity index (χ4n) is 2.89. The van der Waals surface area contributed by atoms with Gasteiger partial charge in [-0.3, -0.25) is 14.6 Å². The predicted octanol–water partition coefficient (Wildman–Crippen LogP) is 3.21. The second-order valence-corrected chi connectivity index (χ2v) is 7.73. The number of pyridine rings is 1. The largest absolute Gasteiger partial charge is 0.463 e. The van der Waals surface area contributed by atoms with Crippen LogP contribution in [-0.4, -0.2) is 25.7 Å². The van der Waals surface area contributed by atoms with Crippen molar-refractivity contribution in [1.82, 2.24) is 25.1 Å². The Hall–Kier alpha value is -3.59. The molecule has 9 heteroatoms. The van der Waals surface area contributed by atoms with E-state index in [4.69, 9.17) is 4.42 Å². The third kappa shape index (κ3) is 4.06. The Kier molecular flexibility index (Phi) is 5.53. The average Bonchev–Trinajstić information content (AvgIpc) is 3.43. The standard InChI is InChI=1S/C21H19N5O3S/c1-13-18(30-21(24-13)15-5-3-9-22-11-15)12-23-20(28)14(2)26-19(27)8-7-16(25-26)17-6-4-10-29-17/h3-11,14H,12H2,1-2H3,(H,23,28). The van der Waals surface area contributed by atoms with E-state index in [0.29, 0.717) is 18.0 Å². The third-order valence-electron chi connectivity index (χ3n) is 4.57. The molecule has 0 aliphatic heterocycles. The molecule has 152 valence electrons. The highest BCUT2D eigenvalue weighted by molar-refractivity contribution is 7.15. The van der Waals surface area contributed by atoms with E-state index >= 15 is 0 Å². The van der Waals surface area contributed by atoms with Crippen molar-refractivity contribution in [1.29, 1.82) is 0 Å². The van der Waals surface area contributed by atoms with Crippen molar-refractivity contribution in [2.45, 2.75) is 26.4 Å². The van der Waals surface area contributed by atoms with Crippen LogP contribution >= 0.6 is 11.3 Å². The Morgan fingerprint density at radius 3 is 2.87 bits per heavy atom. The van der Waals surface area contributed by atoms with Crippen molar-refractivity contribution in [3.63, 3.8) is 0 Å². The molecule has 0 bridgehead atoms. The number of rotatable bonds is 6. The van der Waals surface area contributed by atoms with Gasteiger partial charge in [-0.1, -0.05) is 0 Å². The van der Waals surface area contributed by atoms with Crippen molar-refractivity contribution < 1.29 is 9.21 Å². The minimum atomic E-state index is -0.779. The number of aromatic nitrogens is 4. The molecule has 0 fully saturated rings. The Bertz CT molecular complexity index is 1220. The number of nitrogens with zero attached hydrogens (tertiary/aromatic N) is 4. The molecule has 0 saturated carbocycles. The summed E-state index contributed by atoms with van der Waals surface area (Å²) < 4.78 is 6.48. The van der Waals surface area contributed by atoms with Gasteiger partial charge in [0.1, 0.15) is 16.7 Å². The molecule has 4 aromatic heterocycles. The van der Waals surface area contributed by atoms with E-state index in [1.807, 2.05) is 19.1 Å². The zero-order chi connectivity index (χ0) is 21.1. The van der Waals surface area contributed by atoms with Gasteiger partial charge in [0.25, 0.3) is 5.56 Å². The van der Waals surface area contributed by atoms with E-state index < -0.39 is 6.04 Å². The lowest BCUT2D eigenvalue weighted by molar-refractivity contribution is -0.124. The smallest absolute Gasteiger partial charge is 0.267 e. The first kappa shape index (κ1) is 19.7. The molecular formula is C21H19N5O3S. The highest BCUT2D eigenvalue weighted by atomic mass is 32.1. The van der Waals surface area contributed by atoms with Gasteiger partial charge in [-0.2, -0.15) is 5.10 Å². The molecule has 1 atom stereocenters. The lowest BCUT2D eigenvalue weighted by Crippen LogP contribution is -2.36. The maximum Gasteiger partial charge on any atom is 0.267 e. The van der Waals surface area contributed by atoms with Gasteiger partial charge in [-0.25, -0.2) is 9.67 Å². The zero-order valence-corrected chi connectivity index (χ0v) is 17.2. The van der Waals surface area contributed by atoms with Crippen molar-refractivity contribution in [3.8, 4) is 22.0 Å². The summed E-state index contributed by atoms with van der Waals surface area (Å²) in [5.41, 5.74) is 1.91. The molecule has 4 aromatic rings. The molecule has 4 rings (SSSR count). The van der Waals surface area contributed by atoms with Crippen LogP contribution in [0, 0.1) is 6.92 Å². The second-order valence-electron chi connectivity index (χ2n) is 6.64. The molecule has 1 N–H and O–H groups in total. The number of carbonyl (C=O) groups is 1. The van der Waals surface area contributed by atoms with Gasteiger partial charge in [0.05, 0.1) is 18.5 Å². The minimum Gasteiger partial charge on any atom is -0.463 e. The zero-order valence-electron chi connectivity index (χ0n) is 16.4. The maximum atomic E-state index is 12.7. The summed E-state index contributed by atoms with van der Waals surface area (Å²) in [6.07, 6.45) is 5.00. The number of amides is 1. The van der Waals surface area contributed by atoms with E-state index in [1.165, 1.54) is 23.7 Å². The van der Waals surface area contributed by atoms with E-state index in [9.17, 15) is 9.59 Å². The molecule has 8 nitrogen and oxygen atoms in total. The molecule has 0 radical (unpaired) electrons. The van der Waals surface area contributed by atoms with E-state index in [-0.39, 0.29) is 11.5 Å². The first-order chi connectivity index (χ1) is 14.5. The molecule has 0 aliphatic rings. The van der Waals surface area contributed by atoms with Crippen LogP contribution in [-0.2, 0) is 11.3 Å². The summed E-state index contributed by atoms with van der Waals surface area (Å²) in [6, 6.07) is 9.45. The number of thiazole rings is 1. The van der Waals surface area contributed by atoms with Crippen LogP contribution in [0.3, 0.4) is 0 Å². The van der Waals surface area contributed by atoms with E-state index in [2.05, 4.69) is 20.4 Å².